The van der Waals surface area contributed by atoms with Crippen molar-refractivity contribution in [1.29, 1.82) is 0 Å². The van der Waals surface area contributed by atoms with Crippen molar-refractivity contribution in [2.24, 2.45) is 4.99 Å². The number of hydrogen-bond donors (Lipinski definition) is 3. The van der Waals surface area contributed by atoms with Gasteiger partial charge in [-0.25, -0.2) is 8.78 Å². The van der Waals surface area contributed by atoms with Crippen LogP contribution in [0.2, 0.25) is 0 Å². The summed E-state index contributed by atoms with van der Waals surface area (Å²) in [5, 5.41) is 16.6. The van der Waals surface area contributed by atoms with Crippen LogP contribution in [0, 0.1) is 11.6 Å². The standard InChI is InChI=1S/C21H27F2N3O.HI/c1-3-24-21(25-12-11-20(27)16-7-5-4-6-8-16)26-14-15(2)17-9-10-18(22)19(23)13-17;/h4-10,13,15,20,27H,3,11-12,14H2,1-2H3,(H2,24,25,26);1H. The van der Waals surface area contributed by atoms with Gasteiger partial charge in [-0.2, -0.15) is 0 Å². The largest absolute Gasteiger partial charge is 0.388 e. The molecule has 2 rings (SSSR count). The molecule has 0 aliphatic heterocycles. The molecule has 7 heteroatoms. The first-order chi connectivity index (χ1) is 13.0. The van der Waals surface area contributed by atoms with Crippen molar-refractivity contribution in [2.45, 2.75) is 32.3 Å². The van der Waals surface area contributed by atoms with Crippen molar-refractivity contribution in [2.75, 3.05) is 19.6 Å². The molecule has 0 saturated heterocycles. The smallest absolute Gasteiger partial charge is 0.191 e. The summed E-state index contributed by atoms with van der Waals surface area (Å²) in [6.45, 7) is 5.57. The number of nitrogens with zero attached hydrogens (tertiary/aromatic N) is 1. The van der Waals surface area contributed by atoms with Crippen molar-refractivity contribution < 1.29 is 13.9 Å². The summed E-state index contributed by atoms with van der Waals surface area (Å²) in [6, 6.07) is 13.4. The van der Waals surface area contributed by atoms with Crippen LogP contribution in [0.25, 0.3) is 0 Å². The van der Waals surface area contributed by atoms with Crippen LogP contribution in [0.1, 0.15) is 43.4 Å². The summed E-state index contributed by atoms with van der Waals surface area (Å²) in [4.78, 5) is 4.51. The molecule has 2 aromatic rings. The number of aliphatic hydroxyl groups excluding tert-OH is 1. The maximum Gasteiger partial charge on any atom is 0.191 e. The van der Waals surface area contributed by atoms with Crippen molar-refractivity contribution in [1.82, 2.24) is 10.6 Å². The number of benzene rings is 2. The van der Waals surface area contributed by atoms with Gasteiger partial charge in [0.05, 0.1) is 6.10 Å². The predicted molar refractivity (Wildman–Crippen MR) is 120 cm³/mol. The Labute approximate surface area is 182 Å². The molecule has 0 saturated carbocycles. The molecule has 0 amide bonds. The molecule has 28 heavy (non-hydrogen) atoms. The Morgan fingerprint density at radius 3 is 2.39 bits per heavy atom. The Bertz CT molecular complexity index is 744. The van der Waals surface area contributed by atoms with Gasteiger partial charge in [0.1, 0.15) is 0 Å². The SMILES string of the molecule is CCNC(=NCC(C)c1ccc(F)c(F)c1)NCCC(O)c1ccccc1.I. The Balaban J connectivity index is 0.00000392. The zero-order valence-corrected chi connectivity index (χ0v) is 18.5. The first kappa shape index (κ1) is 24.3. The number of aliphatic imine (C=N–C) groups is 1. The van der Waals surface area contributed by atoms with E-state index in [9.17, 15) is 13.9 Å². The van der Waals surface area contributed by atoms with Gasteiger partial charge in [0.25, 0.3) is 0 Å². The minimum absolute atomic E-state index is 0. The highest BCUT2D eigenvalue weighted by Crippen LogP contribution is 2.18. The number of halogens is 3. The van der Waals surface area contributed by atoms with Crippen molar-refractivity contribution >= 4 is 29.9 Å². The number of aliphatic hydroxyl groups is 1. The van der Waals surface area contributed by atoms with E-state index in [4.69, 9.17) is 0 Å². The van der Waals surface area contributed by atoms with Gasteiger partial charge in [0.2, 0.25) is 0 Å². The number of rotatable bonds is 8. The second kappa shape index (κ2) is 12.7. The van der Waals surface area contributed by atoms with E-state index in [-0.39, 0.29) is 29.9 Å². The minimum atomic E-state index is -0.846. The van der Waals surface area contributed by atoms with Gasteiger partial charge < -0.3 is 15.7 Å². The van der Waals surface area contributed by atoms with E-state index in [1.165, 1.54) is 6.07 Å². The fourth-order valence-electron chi connectivity index (χ4n) is 2.66. The molecule has 4 nitrogen and oxygen atoms in total. The highest BCUT2D eigenvalue weighted by molar-refractivity contribution is 14.0. The second-order valence-corrected chi connectivity index (χ2v) is 6.44. The lowest BCUT2D eigenvalue weighted by molar-refractivity contribution is 0.168. The molecule has 2 unspecified atom stereocenters. The summed E-state index contributed by atoms with van der Waals surface area (Å²) in [6.07, 6.45) is 0.00959. The van der Waals surface area contributed by atoms with Crippen LogP contribution < -0.4 is 10.6 Å². The van der Waals surface area contributed by atoms with E-state index in [0.717, 1.165) is 11.6 Å². The normalized spacial score (nSPS) is 13.4. The lowest BCUT2D eigenvalue weighted by atomic mass is 10.0. The van der Waals surface area contributed by atoms with Crippen molar-refractivity contribution in [3.05, 3.63) is 71.3 Å². The zero-order chi connectivity index (χ0) is 19.6. The maximum atomic E-state index is 13.4. The summed E-state index contributed by atoms with van der Waals surface area (Å²) < 4.78 is 26.4. The van der Waals surface area contributed by atoms with E-state index >= 15 is 0 Å². The summed E-state index contributed by atoms with van der Waals surface area (Å²) >= 11 is 0. The first-order valence-corrected chi connectivity index (χ1v) is 9.21. The van der Waals surface area contributed by atoms with Crippen molar-refractivity contribution in [3.8, 4) is 0 Å². The van der Waals surface area contributed by atoms with Gasteiger partial charge in [-0.1, -0.05) is 43.3 Å². The first-order valence-electron chi connectivity index (χ1n) is 9.21. The fourth-order valence-corrected chi connectivity index (χ4v) is 2.66. The Morgan fingerprint density at radius 1 is 1.04 bits per heavy atom. The van der Waals surface area contributed by atoms with Crippen LogP contribution in [0.15, 0.2) is 53.5 Å². The summed E-state index contributed by atoms with van der Waals surface area (Å²) in [5.74, 6) is -1.11. The fraction of sp³-hybridized carbons (Fsp3) is 0.381. The predicted octanol–water partition coefficient (Wildman–Crippen LogP) is 4.37. The molecule has 0 fully saturated rings. The minimum Gasteiger partial charge on any atom is -0.388 e. The average molecular weight is 503 g/mol. The molecule has 0 radical (unpaired) electrons. The third-order valence-corrected chi connectivity index (χ3v) is 4.27. The molecule has 0 spiro atoms. The summed E-state index contributed by atoms with van der Waals surface area (Å²) in [7, 11) is 0. The van der Waals surface area contributed by atoms with E-state index in [1.807, 2.05) is 44.2 Å². The van der Waals surface area contributed by atoms with Gasteiger partial charge in [0.15, 0.2) is 17.6 Å². The van der Waals surface area contributed by atoms with Crippen LogP contribution in [0.4, 0.5) is 8.78 Å². The molecule has 0 aliphatic rings. The summed E-state index contributed by atoms with van der Waals surface area (Å²) in [5.41, 5.74) is 1.58. The third-order valence-electron chi connectivity index (χ3n) is 4.27. The Kier molecular flexibility index (Phi) is 11.0. The zero-order valence-electron chi connectivity index (χ0n) is 16.2. The second-order valence-electron chi connectivity index (χ2n) is 6.44. The molecule has 2 aromatic carbocycles. The topological polar surface area (TPSA) is 56.7 Å². The van der Waals surface area contributed by atoms with Crippen LogP contribution in [0.5, 0.6) is 0 Å². The molecule has 0 heterocycles. The number of nitrogens with one attached hydrogen (secondary N) is 2. The lowest BCUT2D eigenvalue weighted by Crippen LogP contribution is -2.38. The molecular weight excluding hydrogens is 475 g/mol. The molecular formula is C21H28F2IN3O. The van der Waals surface area contributed by atoms with Crippen LogP contribution in [0.3, 0.4) is 0 Å². The van der Waals surface area contributed by atoms with Crippen molar-refractivity contribution in [3.63, 3.8) is 0 Å². The van der Waals surface area contributed by atoms with Gasteiger partial charge in [0, 0.05) is 25.6 Å². The van der Waals surface area contributed by atoms with E-state index in [1.54, 1.807) is 6.07 Å². The van der Waals surface area contributed by atoms with Gasteiger partial charge in [-0.05, 0) is 36.6 Å². The van der Waals surface area contributed by atoms with E-state index < -0.39 is 17.7 Å². The molecule has 2 atom stereocenters. The Hall–Kier alpha value is -1.74. The van der Waals surface area contributed by atoms with Gasteiger partial charge in [-0.15, -0.1) is 24.0 Å². The molecule has 154 valence electrons. The molecule has 0 aromatic heterocycles. The number of hydrogen-bond acceptors (Lipinski definition) is 2. The quantitative estimate of drug-likeness (QED) is 0.285. The molecule has 3 N–H and O–H groups in total. The molecule has 0 bridgehead atoms. The average Bonchev–Trinajstić information content (AvgIpc) is 2.68. The maximum absolute atomic E-state index is 13.4. The van der Waals surface area contributed by atoms with Crippen LogP contribution in [-0.2, 0) is 0 Å². The highest BCUT2D eigenvalue weighted by atomic mass is 127. The highest BCUT2D eigenvalue weighted by Gasteiger charge is 2.10. The van der Waals surface area contributed by atoms with Gasteiger partial charge >= 0.3 is 0 Å². The van der Waals surface area contributed by atoms with Crippen LogP contribution in [-0.4, -0.2) is 30.7 Å². The van der Waals surface area contributed by atoms with E-state index in [2.05, 4.69) is 15.6 Å². The lowest BCUT2D eigenvalue weighted by Gasteiger charge is -2.16. The number of guanidine groups is 1. The monoisotopic (exact) mass is 503 g/mol. The Morgan fingerprint density at radius 2 is 1.75 bits per heavy atom. The molecule has 0 aliphatic carbocycles. The van der Waals surface area contributed by atoms with Gasteiger partial charge in [-0.3, -0.25) is 4.99 Å². The van der Waals surface area contributed by atoms with E-state index in [0.29, 0.717) is 37.6 Å². The third kappa shape index (κ3) is 7.71. The van der Waals surface area contributed by atoms with Crippen LogP contribution >= 0.6 is 24.0 Å².